The van der Waals surface area contributed by atoms with E-state index in [4.69, 9.17) is 9.47 Å². The molecule has 2 aromatic rings. The van der Waals surface area contributed by atoms with E-state index in [1.807, 2.05) is 19.1 Å². The van der Waals surface area contributed by atoms with E-state index >= 15 is 0 Å². The normalized spacial score (nSPS) is 11.7. The quantitative estimate of drug-likeness (QED) is 0.889. The van der Waals surface area contributed by atoms with E-state index in [9.17, 15) is 9.18 Å². The Morgan fingerprint density at radius 2 is 1.87 bits per heavy atom. The van der Waals surface area contributed by atoms with Gasteiger partial charge >= 0.3 is 0 Å². The number of ether oxygens (including phenoxy) is 2. The van der Waals surface area contributed by atoms with E-state index in [1.54, 1.807) is 32.4 Å². The fourth-order valence-corrected chi connectivity index (χ4v) is 2.33. The average Bonchev–Trinajstić information content (AvgIpc) is 2.53. The van der Waals surface area contributed by atoms with Gasteiger partial charge in [-0.05, 0) is 42.3 Å². The van der Waals surface area contributed by atoms with E-state index < -0.39 is 0 Å². The van der Waals surface area contributed by atoms with Crippen molar-refractivity contribution in [3.05, 3.63) is 59.4 Å². The van der Waals surface area contributed by atoms with Crippen LogP contribution in [0.3, 0.4) is 0 Å². The molecule has 5 heteroatoms. The van der Waals surface area contributed by atoms with Crippen LogP contribution in [0.1, 0.15) is 24.1 Å². The lowest BCUT2D eigenvalue weighted by molar-refractivity contribution is -0.121. The summed E-state index contributed by atoms with van der Waals surface area (Å²) < 4.78 is 23.6. The van der Waals surface area contributed by atoms with Gasteiger partial charge in [0.25, 0.3) is 0 Å². The van der Waals surface area contributed by atoms with Crippen molar-refractivity contribution in [2.24, 2.45) is 0 Å². The van der Waals surface area contributed by atoms with Gasteiger partial charge in [0.15, 0.2) is 11.5 Å². The molecule has 23 heavy (non-hydrogen) atoms. The second kappa shape index (κ2) is 7.63. The predicted octanol–water partition coefficient (Wildman–Crippen LogP) is 3.26. The minimum atomic E-state index is -0.344. The van der Waals surface area contributed by atoms with Crippen LogP contribution in [0.15, 0.2) is 42.5 Å². The number of nitrogens with one attached hydrogen (secondary N) is 1. The third-order valence-corrected chi connectivity index (χ3v) is 3.54. The average molecular weight is 317 g/mol. The van der Waals surface area contributed by atoms with Gasteiger partial charge in [-0.1, -0.05) is 18.2 Å². The van der Waals surface area contributed by atoms with Gasteiger partial charge in [-0.15, -0.1) is 0 Å². The fraction of sp³-hybridized carbons (Fsp3) is 0.278. The van der Waals surface area contributed by atoms with Crippen LogP contribution in [0, 0.1) is 5.82 Å². The molecule has 0 aliphatic carbocycles. The topological polar surface area (TPSA) is 47.6 Å². The van der Waals surface area contributed by atoms with Gasteiger partial charge in [0, 0.05) is 0 Å². The first kappa shape index (κ1) is 16.8. The highest BCUT2D eigenvalue weighted by molar-refractivity contribution is 5.79. The Hall–Kier alpha value is -2.56. The largest absolute Gasteiger partial charge is 0.493 e. The van der Waals surface area contributed by atoms with Crippen molar-refractivity contribution in [1.82, 2.24) is 5.32 Å². The number of rotatable bonds is 6. The number of methoxy groups -OCH3 is 2. The zero-order chi connectivity index (χ0) is 16.8. The molecule has 0 radical (unpaired) electrons. The fourth-order valence-electron chi connectivity index (χ4n) is 2.33. The van der Waals surface area contributed by atoms with Crippen molar-refractivity contribution in [1.29, 1.82) is 0 Å². The molecule has 0 heterocycles. The van der Waals surface area contributed by atoms with Crippen molar-refractivity contribution in [3.63, 3.8) is 0 Å². The predicted molar refractivity (Wildman–Crippen MR) is 86.2 cm³/mol. The van der Waals surface area contributed by atoms with Crippen LogP contribution in [0.2, 0.25) is 0 Å². The molecule has 0 aliphatic rings. The maximum atomic E-state index is 13.1. The number of carbonyl (C=O) groups excluding carboxylic acids is 1. The summed E-state index contributed by atoms with van der Waals surface area (Å²) in [4.78, 5) is 12.1. The van der Waals surface area contributed by atoms with Gasteiger partial charge in [-0.3, -0.25) is 4.79 Å². The Morgan fingerprint density at radius 1 is 1.13 bits per heavy atom. The molecule has 2 aromatic carbocycles. The molecule has 0 aromatic heterocycles. The summed E-state index contributed by atoms with van der Waals surface area (Å²) in [6.45, 7) is 1.88. The first-order valence-electron chi connectivity index (χ1n) is 7.29. The first-order valence-corrected chi connectivity index (χ1v) is 7.29. The number of hydrogen-bond donors (Lipinski definition) is 1. The molecule has 122 valence electrons. The number of carbonyl (C=O) groups is 1. The summed E-state index contributed by atoms with van der Waals surface area (Å²) >= 11 is 0. The van der Waals surface area contributed by atoms with Crippen molar-refractivity contribution in [3.8, 4) is 11.5 Å². The van der Waals surface area contributed by atoms with Crippen molar-refractivity contribution >= 4 is 5.91 Å². The summed E-state index contributed by atoms with van der Waals surface area (Å²) in [6.07, 6.45) is 0.134. The van der Waals surface area contributed by atoms with Gasteiger partial charge in [0.2, 0.25) is 5.91 Å². The first-order chi connectivity index (χ1) is 11.0. The summed E-state index contributed by atoms with van der Waals surface area (Å²) in [5.74, 6) is 0.729. The van der Waals surface area contributed by atoms with Crippen LogP contribution in [-0.2, 0) is 11.2 Å². The number of halogens is 1. The Bertz CT molecular complexity index is 688. The summed E-state index contributed by atoms with van der Waals surface area (Å²) in [7, 11) is 3.14. The number of amides is 1. The molecule has 0 unspecified atom stereocenters. The molecular formula is C18H20FNO3. The van der Waals surface area contributed by atoms with Crippen molar-refractivity contribution in [2.45, 2.75) is 19.4 Å². The number of hydrogen-bond acceptors (Lipinski definition) is 3. The van der Waals surface area contributed by atoms with Crippen LogP contribution in [-0.4, -0.2) is 20.1 Å². The SMILES string of the molecule is COc1ccc([C@@H](C)NC(=O)Cc2cccc(F)c2)cc1OC. The molecule has 4 nitrogen and oxygen atoms in total. The highest BCUT2D eigenvalue weighted by Gasteiger charge is 2.13. The lowest BCUT2D eigenvalue weighted by atomic mass is 10.1. The molecule has 1 amide bonds. The van der Waals surface area contributed by atoms with E-state index in [0.29, 0.717) is 17.1 Å². The molecule has 0 saturated carbocycles. The van der Waals surface area contributed by atoms with Crippen molar-refractivity contribution in [2.75, 3.05) is 14.2 Å². The monoisotopic (exact) mass is 317 g/mol. The lowest BCUT2D eigenvalue weighted by Gasteiger charge is -2.16. The van der Waals surface area contributed by atoms with Gasteiger partial charge in [-0.25, -0.2) is 4.39 Å². The van der Waals surface area contributed by atoms with Gasteiger partial charge in [-0.2, -0.15) is 0 Å². The van der Waals surface area contributed by atoms with E-state index in [2.05, 4.69) is 5.32 Å². The molecule has 0 saturated heterocycles. The van der Waals surface area contributed by atoms with Gasteiger partial charge in [0.05, 0.1) is 26.7 Å². The summed E-state index contributed by atoms with van der Waals surface area (Å²) in [5.41, 5.74) is 1.54. The minimum absolute atomic E-state index is 0.134. The highest BCUT2D eigenvalue weighted by atomic mass is 19.1. The van der Waals surface area contributed by atoms with E-state index in [0.717, 1.165) is 5.56 Å². The maximum absolute atomic E-state index is 13.1. The van der Waals surface area contributed by atoms with Crippen LogP contribution < -0.4 is 14.8 Å². The van der Waals surface area contributed by atoms with E-state index in [-0.39, 0.29) is 24.2 Å². The standard InChI is InChI=1S/C18H20FNO3/c1-12(14-7-8-16(22-2)17(11-14)23-3)20-18(21)10-13-5-4-6-15(19)9-13/h4-9,11-12H,10H2,1-3H3,(H,20,21)/t12-/m1/s1. The van der Waals surface area contributed by atoms with Crippen LogP contribution in [0.25, 0.3) is 0 Å². The molecule has 0 fully saturated rings. The second-order valence-electron chi connectivity index (χ2n) is 5.21. The summed E-state index contributed by atoms with van der Waals surface area (Å²) in [5, 5.41) is 2.90. The number of benzene rings is 2. The minimum Gasteiger partial charge on any atom is -0.493 e. The van der Waals surface area contributed by atoms with Crippen LogP contribution >= 0.6 is 0 Å². The highest BCUT2D eigenvalue weighted by Crippen LogP contribution is 2.29. The van der Waals surface area contributed by atoms with Crippen LogP contribution in [0.5, 0.6) is 11.5 Å². The Morgan fingerprint density at radius 3 is 2.52 bits per heavy atom. The van der Waals surface area contributed by atoms with E-state index in [1.165, 1.54) is 12.1 Å². The Kier molecular flexibility index (Phi) is 5.57. The third kappa shape index (κ3) is 4.45. The lowest BCUT2D eigenvalue weighted by Crippen LogP contribution is -2.28. The molecule has 1 atom stereocenters. The van der Waals surface area contributed by atoms with Crippen LogP contribution in [0.4, 0.5) is 4.39 Å². The van der Waals surface area contributed by atoms with Gasteiger partial charge in [0.1, 0.15) is 5.82 Å². The molecule has 0 spiro atoms. The summed E-state index contributed by atoms with van der Waals surface area (Å²) in [6, 6.07) is 11.3. The van der Waals surface area contributed by atoms with Gasteiger partial charge < -0.3 is 14.8 Å². The molecular weight excluding hydrogens is 297 g/mol. The maximum Gasteiger partial charge on any atom is 0.224 e. The zero-order valence-electron chi connectivity index (χ0n) is 13.4. The van der Waals surface area contributed by atoms with Crippen molar-refractivity contribution < 1.29 is 18.7 Å². The zero-order valence-corrected chi connectivity index (χ0v) is 13.4. The third-order valence-electron chi connectivity index (χ3n) is 3.54. The molecule has 0 aliphatic heterocycles. The molecule has 1 N–H and O–H groups in total. The Labute approximate surface area is 135 Å². The molecule has 2 rings (SSSR count). The smallest absolute Gasteiger partial charge is 0.224 e. The Balaban J connectivity index is 2.03. The molecule has 0 bridgehead atoms. The second-order valence-corrected chi connectivity index (χ2v) is 5.21.